The number of nitrogens with one attached hydrogen (secondary N) is 1. The van der Waals surface area contributed by atoms with Crippen LogP contribution in [-0.4, -0.2) is 53.5 Å². The van der Waals surface area contributed by atoms with Crippen LogP contribution in [0.25, 0.3) is 0 Å². The van der Waals surface area contributed by atoms with Crippen molar-refractivity contribution in [2.24, 2.45) is 5.92 Å². The molecule has 1 amide bonds. The van der Waals surface area contributed by atoms with E-state index >= 15 is 0 Å². The van der Waals surface area contributed by atoms with Crippen LogP contribution in [0, 0.1) is 5.92 Å². The third-order valence-corrected chi connectivity index (χ3v) is 3.59. The predicted molar refractivity (Wildman–Crippen MR) is 60.5 cm³/mol. The van der Waals surface area contributed by atoms with Crippen LogP contribution in [0.1, 0.15) is 25.7 Å². The number of likely N-dealkylation sites (tertiary alicyclic amines) is 1. The highest BCUT2D eigenvalue weighted by molar-refractivity contribution is 6.43. The molecule has 0 aromatic rings. The van der Waals surface area contributed by atoms with Gasteiger partial charge in [0.25, 0.3) is 0 Å². The minimum absolute atomic E-state index is 0.0734. The van der Waals surface area contributed by atoms with Gasteiger partial charge in [0.1, 0.15) is 0 Å². The molecule has 5 nitrogen and oxygen atoms in total. The van der Waals surface area contributed by atoms with Crippen molar-refractivity contribution in [2.75, 3.05) is 19.6 Å². The fourth-order valence-electron chi connectivity index (χ4n) is 2.66. The molecule has 2 aliphatic heterocycles. The van der Waals surface area contributed by atoms with Crippen molar-refractivity contribution < 1.29 is 14.8 Å². The SMILES string of the molecule is O=C(C[C@H]1CCNC1)N1CCC[C@H]1B(O)O. The van der Waals surface area contributed by atoms with Crippen LogP contribution < -0.4 is 5.32 Å². The summed E-state index contributed by atoms with van der Waals surface area (Å²) < 4.78 is 0. The Morgan fingerprint density at radius 1 is 1.44 bits per heavy atom. The van der Waals surface area contributed by atoms with E-state index in [2.05, 4.69) is 5.32 Å². The minimum Gasteiger partial charge on any atom is -0.426 e. The Bertz CT molecular complexity index is 256. The first-order valence-electron chi connectivity index (χ1n) is 6.05. The van der Waals surface area contributed by atoms with Gasteiger partial charge in [-0.25, -0.2) is 0 Å². The molecule has 3 N–H and O–H groups in total. The van der Waals surface area contributed by atoms with E-state index in [1.807, 2.05) is 0 Å². The Morgan fingerprint density at radius 3 is 2.88 bits per heavy atom. The smallest absolute Gasteiger partial charge is 0.426 e. The molecule has 0 saturated carbocycles. The van der Waals surface area contributed by atoms with Crippen molar-refractivity contribution >= 4 is 13.0 Å². The highest BCUT2D eigenvalue weighted by Gasteiger charge is 2.37. The summed E-state index contributed by atoms with van der Waals surface area (Å²) in [5.41, 5.74) is 0. The van der Waals surface area contributed by atoms with Gasteiger partial charge in [-0.05, 0) is 38.3 Å². The molecule has 0 aliphatic carbocycles. The van der Waals surface area contributed by atoms with Crippen LogP contribution in [0.15, 0.2) is 0 Å². The second-order valence-electron chi connectivity index (χ2n) is 4.77. The van der Waals surface area contributed by atoms with Crippen LogP contribution in [-0.2, 0) is 4.79 Å². The number of hydrogen-bond acceptors (Lipinski definition) is 4. The van der Waals surface area contributed by atoms with E-state index in [0.29, 0.717) is 25.3 Å². The van der Waals surface area contributed by atoms with Gasteiger partial charge < -0.3 is 20.3 Å². The summed E-state index contributed by atoms with van der Waals surface area (Å²) in [4.78, 5) is 13.6. The lowest BCUT2D eigenvalue weighted by molar-refractivity contribution is -0.132. The van der Waals surface area contributed by atoms with E-state index in [9.17, 15) is 14.8 Å². The standard InChI is InChI=1S/C10H19BN2O3/c14-10(6-8-3-4-12-7-8)13-5-1-2-9(13)11(15)16/h8-9,12,15-16H,1-7H2/t8-,9+/m1/s1. The van der Waals surface area contributed by atoms with Gasteiger partial charge in [-0.15, -0.1) is 0 Å². The lowest BCUT2D eigenvalue weighted by Crippen LogP contribution is -2.46. The summed E-state index contributed by atoms with van der Waals surface area (Å²) in [7, 11) is -1.40. The fraction of sp³-hybridized carbons (Fsp3) is 0.900. The zero-order valence-electron chi connectivity index (χ0n) is 9.43. The van der Waals surface area contributed by atoms with Crippen molar-refractivity contribution in [3.05, 3.63) is 0 Å². The third-order valence-electron chi connectivity index (χ3n) is 3.59. The first-order chi connectivity index (χ1) is 7.68. The van der Waals surface area contributed by atoms with E-state index in [0.717, 1.165) is 25.9 Å². The predicted octanol–water partition coefficient (Wildman–Crippen LogP) is -1.01. The van der Waals surface area contributed by atoms with E-state index in [1.165, 1.54) is 0 Å². The molecule has 2 fully saturated rings. The van der Waals surface area contributed by atoms with E-state index in [1.54, 1.807) is 4.90 Å². The van der Waals surface area contributed by atoms with Gasteiger partial charge in [0.15, 0.2) is 0 Å². The molecule has 16 heavy (non-hydrogen) atoms. The average Bonchev–Trinajstić information content (AvgIpc) is 2.86. The second kappa shape index (κ2) is 5.16. The minimum atomic E-state index is -1.40. The molecule has 0 radical (unpaired) electrons. The number of carbonyl (C=O) groups is 1. The Hall–Kier alpha value is -0.585. The van der Waals surface area contributed by atoms with Crippen molar-refractivity contribution in [3.63, 3.8) is 0 Å². The molecule has 0 spiro atoms. The van der Waals surface area contributed by atoms with Crippen molar-refractivity contribution in [1.29, 1.82) is 0 Å². The maximum Gasteiger partial charge on any atom is 0.475 e. The second-order valence-corrected chi connectivity index (χ2v) is 4.77. The van der Waals surface area contributed by atoms with Gasteiger partial charge in [-0.3, -0.25) is 4.79 Å². The Labute approximate surface area is 96.0 Å². The van der Waals surface area contributed by atoms with Crippen molar-refractivity contribution in [2.45, 2.75) is 31.6 Å². The van der Waals surface area contributed by atoms with Crippen LogP contribution in [0.2, 0.25) is 0 Å². The van der Waals surface area contributed by atoms with E-state index in [-0.39, 0.29) is 11.8 Å². The highest BCUT2D eigenvalue weighted by Crippen LogP contribution is 2.22. The summed E-state index contributed by atoms with van der Waals surface area (Å²) in [6, 6.07) is 0. The first-order valence-corrected chi connectivity index (χ1v) is 6.05. The maximum absolute atomic E-state index is 12.0. The number of amides is 1. The zero-order valence-corrected chi connectivity index (χ0v) is 9.43. The Balaban J connectivity index is 1.87. The number of carbonyl (C=O) groups excluding carboxylic acids is 1. The lowest BCUT2D eigenvalue weighted by Gasteiger charge is -2.25. The van der Waals surface area contributed by atoms with E-state index < -0.39 is 7.12 Å². The topological polar surface area (TPSA) is 72.8 Å². The molecule has 0 bridgehead atoms. The van der Waals surface area contributed by atoms with Gasteiger partial charge in [0.05, 0.1) is 5.94 Å². The number of hydrogen-bond donors (Lipinski definition) is 3. The van der Waals surface area contributed by atoms with Gasteiger partial charge in [-0.1, -0.05) is 0 Å². The monoisotopic (exact) mass is 226 g/mol. The molecule has 6 heteroatoms. The summed E-state index contributed by atoms with van der Waals surface area (Å²) in [6.45, 7) is 2.57. The molecule has 2 rings (SSSR count). The molecule has 2 aliphatic rings. The summed E-state index contributed by atoms with van der Waals surface area (Å²) in [6.07, 6.45) is 3.16. The van der Waals surface area contributed by atoms with Crippen LogP contribution in [0.5, 0.6) is 0 Å². The summed E-state index contributed by atoms with van der Waals surface area (Å²) in [5.74, 6) is 0.107. The summed E-state index contributed by atoms with van der Waals surface area (Å²) >= 11 is 0. The molecule has 0 aromatic heterocycles. The largest absolute Gasteiger partial charge is 0.475 e. The number of rotatable bonds is 3. The van der Waals surface area contributed by atoms with Gasteiger partial charge in [0, 0.05) is 13.0 Å². The molecule has 2 atom stereocenters. The molecule has 0 aromatic carbocycles. The van der Waals surface area contributed by atoms with Crippen molar-refractivity contribution in [3.8, 4) is 0 Å². The average molecular weight is 226 g/mol. The van der Waals surface area contributed by atoms with Gasteiger partial charge in [-0.2, -0.15) is 0 Å². The van der Waals surface area contributed by atoms with Crippen LogP contribution in [0.3, 0.4) is 0 Å². The first kappa shape index (κ1) is 11.9. The van der Waals surface area contributed by atoms with Crippen molar-refractivity contribution in [1.82, 2.24) is 10.2 Å². The highest BCUT2D eigenvalue weighted by atomic mass is 16.4. The van der Waals surface area contributed by atoms with Gasteiger partial charge in [0.2, 0.25) is 5.91 Å². The third kappa shape index (κ3) is 2.56. The quantitative estimate of drug-likeness (QED) is 0.539. The van der Waals surface area contributed by atoms with Crippen LogP contribution >= 0.6 is 0 Å². The molecular weight excluding hydrogens is 207 g/mol. The normalized spacial score (nSPS) is 29.8. The van der Waals surface area contributed by atoms with E-state index in [4.69, 9.17) is 0 Å². The maximum atomic E-state index is 12.0. The Kier molecular flexibility index (Phi) is 3.84. The van der Waals surface area contributed by atoms with Crippen LogP contribution in [0.4, 0.5) is 0 Å². The molecule has 0 unspecified atom stereocenters. The van der Waals surface area contributed by atoms with Gasteiger partial charge >= 0.3 is 7.12 Å². The molecule has 2 saturated heterocycles. The Morgan fingerprint density at radius 2 is 2.25 bits per heavy atom. The zero-order chi connectivity index (χ0) is 11.5. The molecule has 90 valence electrons. The summed E-state index contributed by atoms with van der Waals surface area (Å²) in [5, 5.41) is 21.6. The molecule has 2 heterocycles. The molecular formula is C10H19BN2O3. The fourth-order valence-corrected chi connectivity index (χ4v) is 2.66. The lowest BCUT2D eigenvalue weighted by atomic mass is 9.77. The number of nitrogens with zero attached hydrogens (tertiary/aromatic N) is 1.